The Balaban J connectivity index is 0.000000549. The van der Waals surface area contributed by atoms with Gasteiger partial charge in [-0.25, -0.2) is 44.9 Å². The predicted octanol–water partition coefficient (Wildman–Crippen LogP) is 20.4. The maximum Gasteiger partial charge on any atom is 0.151 e. The van der Waals surface area contributed by atoms with E-state index in [1.807, 2.05) is 91.1 Å². The van der Waals surface area contributed by atoms with E-state index in [1.165, 1.54) is 11.1 Å². The molecule has 0 saturated carbocycles. The number of aromatic nitrogens is 11. The zero-order chi connectivity index (χ0) is 73.5. The van der Waals surface area contributed by atoms with Crippen LogP contribution < -0.4 is 0 Å². The molecule has 0 N–H and O–H groups in total. The van der Waals surface area contributed by atoms with Gasteiger partial charge >= 0.3 is 0 Å². The fraction of sp³-hybridized carbons (Fsp3) is 0.376. The van der Waals surface area contributed by atoms with Crippen LogP contribution >= 0.6 is 0 Å². The summed E-state index contributed by atoms with van der Waals surface area (Å²) in [5.41, 5.74) is 14.5. The normalized spacial score (nSPS) is 11.1. The maximum atomic E-state index is 5.33. The summed E-state index contributed by atoms with van der Waals surface area (Å²) in [6.45, 7) is 69.6. The highest BCUT2D eigenvalue weighted by Crippen LogP contribution is 2.27. The van der Waals surface area contributed by atoms with Crippen molar-refractivity contribution in [2.24, 2.45) is 0 Å². The highest BCUT2D eigenvalue weighted by Gasteiger charge is 2.21. The van der Waals surface area contributed by atoms with E-state index in [0.29, 0.717) is 17.2 Å². The summed E-state index contributed by atoms with van der Waals surface area (Å²) in [4.78, 5) is 46.2. The van der Waals surface area contributed by atoms with Crippen molar-refractivity contribution in [3.8, 4) is 37.0 Å². The lowest BCUT2D eigenvalue weighted by Gasteiger charge is -2.19. The van der Waals surface area contributed by atoms with Gasteiger partial charge in [-0.15, -0.1) is 19.3 Å². The van der Waals surface area contributed by atoms with Crippen molar-refractivity contribution in [2.45, 2.75) is 209 Å². The van der Waals surface area contributed by atoms with E-state index in [1.54, 1.807) is 61.5 Å². The second-order valence-corrected chi connectivity index (χ2v) is 30.5. The molecule has 8 heterocycles. The molecular formula is C85H111N11. The maximum absolute atomic E-state index is 5.33. The number of nitrogens with zero attached hydrogens (tertiary/aromatic N) is 11. The molecule has 8 aromatic heterocycles. The molecule has 11 heteroatoms. The molecule has 0 aliphatic rings. The van der Waals surface area contributed by atoms with Crippen LogP contribution in [-0.2, 0) is 43.3 Å². The van der Waals surface area contributed by atoms with Crippen LogP contribution in [0.3, 0.4) is 0 Å². The number of hydrogen-bond donors (Lipinski definition) is 0. The number of terminal acetylenes is 3. The Morgan fingerprint density at radius 3 is 1.25 bits per heavy atom. The third kappa shape index (κ3) is 32.0. The third-order valence-electron chi connectivity index (χ3n) is 13.6. The molecule has 0 aliphatic carbocycles. The average Bonchev–Trinajstić information content (AvgIpc) is 0.961. The molecule has 0 spiro atoms. The summed E-state index contributed by atoms with van der Waals surface area (Å²) in [5.74, 6) is 9.21. The minimum atomic E-state index is 0.0129. The highest BCUT2D eigenvalue weighted by molar-refractivity contribution is 5.45. The van der Waals surface area contributed by atoms with Crippen LogP contribution in [0.4, 0.5) is 0 Å². The average molecular weight is 1290 g/mol. The van der Waals surface area contributed by atoms with Crippen molar-refractivity contribution in [3.63, 3.8) is 0 Å². The van der Waals surface area contributed by atoms with E-state index in [0.717, 1.165) is 62.6 Å². The molecule has 0 aliphatic heterocycles. The van der Waals surface area contributed by atoms with Crippen molar-refractivity contribution in [1.29, 1.82) is 0 Å². The van der Waals surface area contributed by atoms with Crippen molar-refractivity contribution in [1.82, 2.24) is 54.8 Å². The lowest BCUT2D eigenvalue weighted by molar-refractivity contribution is 0.544. The van der Waals surface area contributed by atoms with Crippen LogP contribution in [-0.4, -0.2) is 54.8 Å². The van der Waals surface area contributed by atoms with Gasteiger partial charge in [0.15, 0.2) is 5.82 Å². The van der Waals surface area contributed by atoms with E-state index in [4.69, 9.17) is 19.3 Å². The lowest BCUT2D eigenvalue weighted by Crippen LogP contribution is -2.15. The van der Waals surface area contributed by atoms with E-state index in [2.05, 4.69) is 278 Å². The molecule has 8 aromatic rings. The van der Waals surface area contributed by atoms with Crippen molar-refractivity contribution < 1.29 is 0 Å². The first-order valence-corrected chi connectivity index (χ1v) is 32.2. The van der Waals surface area contributed by atoms with Crippen LogP contribution in [0.2, 0.25) is 0 Å². The molecule has 0 atom stereocenters. The van der Waals surface area contributed by atoms with Gasteiger partial charge in [0.05, 0.1) is 22.8 Å². The summed E-state index contributed by atoms with van der Waals surface area (Å²) in [7, 11) is 0. The molecule has 8 rings (SSSR count). The molecule has 96 heavy (non-hydrogen) atoms. The first kappa shape index (κ1) is 84.4. The monoisotopic (exact) mass is 1290 g/mol. The second kappa shape index (κ2) is 38.1. The zero-order valence-corrected chi connectivity index (χ0v) is 62.7. The van der Waals surface area contributed by atoms with E-state index < -0.39 is 0 Å². The minimum Gasteiger partial charge on any atom is -0.257 e. The summed E-state index contributed by atoms with van der Waals surface area (Å²) in [6, 6.07) is 29.6. The van der Waals surface area contributed by atoms with Crippen LogP contribution in [0.25, 0.3) is 30.4 Å². The van der Waals surface area contributed by atoms with E-state index in [9.17, 15) is 0 Å². The van der Waals surface area contributed by atoms with Gasteiger partial charge in [0.25, 0.3) is 0 Å². The second-order valence-electron chi connectivity index (χ2n) is 30.5. The fourth-order valence-electron chi connectivity index (χ4n) is 7.68. The topological polar surface area (TPSA) is 142 Å². The van der Waals surface area contributed by atoms with Crippen LogP contribution in [0, 0.1) is 37.0 Å². The Kier molecular flexibility index (Phi) is 33.4. The first-order valence-electron chi connectivity index (χ1n) is 32.2. The SMILES string of the molecule is C#Cc1cc(C(C)(C)C)ccn1.C#Cc1cccc(C(C)(C)C)n1.C#Cc1ncccc1C(C)(C)C.C=Cc1cc(C(C)(C)C)ccn1.C=Cc1cc(C(C)(C)C)ncn1.C=Cc1cccc(C(C)(C)C)n1.C=Cc1ccnc(C(C)(C)C)n1.C=Cc1nccc(C(C)(C)C)n1. The van der Waals surface area contributed by atoms with Gasteiger partial charge < -0.3 is 0 Å². The zero-order valence-electron chi connectivity index (χ0n) is 62.7. The van der Waals surface area contributed by atoms with Crippen LogP contribution in [0.1, 0.15) is 257 Å². The smallest absolute Gasteiger partial charge is 0.151 e. The fourth-order valence-corrected chi connectivity index (χ4v) is 7.68. The standard InChI is InChI=1S/C11H15N.2C11H13N.C11H15N.C11H13N.3C10H14N2/c2*1-5-10-8-9(6-7-12-10)11(2,3)4;1-5-10-9(11(2,3)4)7-6-8-12-10;2*1-5-9-7-6-8-10(12-9)11(2,3)4;1-5-8-6-9(10(2,3)4)12-7-11-8;1-5-9-11-7-6-8(12-9)10(2,3)4;1-5-8-6-7-11-9(12-8)10(2,3)4/h5-8H,1H2,2-4H3;2*1,6-8H,2-4H3;5-8H,1H2,2-4H3;1,6-8H,2-4H3;3*5-7H,1H2,2-4H3. The molecule has 11 nitrogen and oxygen atoms in total. The molecule has 0 amide bonds. The summed E-state index contributed by atoms with van der Waals surface area (Å²) in [5, 5.41) is 0. The predicted molar refractivity (Wildman–Crippen MR) is 411 cm³/mol. The Bertz CT molecular complexity index is 3460. The third-order valence-corrected chi connectivity index (χ3v) is 13.6. The Hall–Kier alpha value is -9.63. The van der Waals surface area contributed by atoms with Crippen LogP contribution in [0.5, 0.6) is 0 Å². The quantitative estimate of drug-likeness (QED) is 0.152. The molecule has 0 aromatic carbocycles. The Labute approximate surface area is 580 Å². The van der Waals surface area contributed by atoms with Crippen molar-refractivity contribution >= 4 is 30.4 Å². The lowest BCUT2D eigenvalue weighted by atomic mass is 9.86. The molecule has 506 valence electrons. The summed E-state index contributed by atoms with van der Waals surface area (Å²) < 4.78 is 0. The highest BCUT2D eigenvalue weighted by atomic mass is 14.9. The summed E-state index contributed by atoms with van der Waals surface area (Å²) in [6.07, 6.45) is 34.9. The minimum absolute atomic E-state index is 0.0129. The van der Waals surface area contributed by atoms with Gasteiger partial charge in [0, 0.05) is 80.8 Å². The molecular weight excluding hydrogens is 1180 g/mol. The summed E-state index contributed by atoms with van der Waals surface area (Å²) >= 11 is 0. The molecule has 0 fully saturated rings. The molecule has 0 radical (unpaired) electrons. The van der Waals surface area contributed by atoms with Crippen LogP contribution in [0.15, 0.2) is 161 Å². The van der Waals surface area contributed by atoms with Gasteiger partial charge in [-0.3, -0.25) is 9.97 Å². The van der Waals surface area contributed by atoms with E-state index >= 15 is 0 Å². The Morgan fingerprint density at radius 1 is 0.312 bits per heavy atom. The molecule has 0 unspecified atom stereocenters. The molecule has 0 bridgehead atoms. The van der Waals surface area contributed by atoms with Gasteiger partial charge in [-0.1, -0.05) is 229 Å². The van der Waals surface area contributed by atoms with Gasteiger partial charge in [0.1, 0.15) is 29.2 Å². The van der Waals surface area contributed by atoms with E-state index in [-0.39, 0.29) is 43.3 Å². The molecule has 0 saturated heterocycles. The largest absolute Gasteiger partial charge is 0.257 e. The van der Waals surface area contributed by atoms with Crippen molar-refractivity contribution in [2.75, 3.05) is 0 Å². The number of rotatable bonds is 5. The van der Waals surface area contributed by atoms with Crippen molar-refractivity contribution in [3.05, 3.63) is 252 Å². The van der Waals surface area contributed by atoms with Gasteiger partial charge in [-0.2, -0.15) is 0 Å². The van der Waals surface area contributed by atoms with Gasteiger partial charge in [0.2, 0.25) is 0 Å². The Morgan fingerprint density at radius 2 is 0.781 bits per heavy atom. The van der Waals surface area contributed by atoms with Gasteiger partial charge in [-0.05, 0) is 142 Å². The number of hydrogen-bond acceptors (Lipinski definition) is 11. The first-order chi connectivity index (χ1) is 44.3. The number of pyridine rings is 5.